The second-order valence-corrected chi connectivity index (χ2v) is 7.05. The van der Waals surface area contributed by atoms with Gasteiger partial charge in [-0.2, -0.15) is 0 Å². The number of hydrogen-bond donors (Lipinski definition) is 0. The summed E-state index contributed by atoms with van der Waals surface area (Å²) in [6.45, 7) is 1.09. The van der Waals surface area contributed by atoms with E-state index in [-0.39, 0.29) is 12.4 Å². The normalized spacial score (nSPS) is 12.8. The molecule has 3 aromatic carbocycles. The Labute approximate surface area is 170 Å². The molecule has 5 heteroatoms. The van der Waals surface area contributed by atoms with Gasteiger partial charge >= 0.3 is 0 Å². The topological polar surface area (TPSA) is 31.6 Å². The maximum Gasteiger partial charge on any atom is 0.182 e. The van der Waals surface area contributed by atoms with Crippen molar-refractivity contribution in [1.82, 2.24) is 0 Å². The highest BCUT2D eigenvalue weighted by molar-refractivity contribution is 6.25. The summed E-state index contributed by atoms with van der Waals surface area (Å²) >= 11 is 0. The standard InChI is InChI=1S/C23H22NO3.ClH/c1-25-15-6-7-16-18(10-15)20-12-23(27-3)22(26-2)11-19(20)17-9-14-5-4-8-24(14)13-21(16)17;/h6-7,9-13H,4-5,8H2,1-3H3;1H/q+1;/p-1. The molecular weight excluding hydrogens is 374 g/mol. The Morgan fingerprint density at radius 1 is 0.714 bits per heavy atom. The zero-order valence-electron chi connectivity index (χ0n) is 16.2. The quantitative estimate of drug-likeness (QED) is 0.388. The van der Waals surface area contributed by atoms with E-state index >= 15 is 0 Å². The molecule has 0 atom stereocenters. The third-order valence-corrected chi connectivity index (χ3v) is 5.71. The molecule has 4 nitrogen and oxygen atoms in total. The number of methoxy groups -OCH3 is 3. The molecule has 0 radical (unpaired) electrons. The molecule has 5 rings (SSSR count). The number of aromatic nitrogens is 1. The fourth-order valence-electron chi connectivity index (χ4n) is 4.36. The molecule has 0 aliphatic carbocycles. The largest absolute Gasteiger partial charge is 1.00 e. The number of rotatable bonds is 3. The van der Waals surface area contributed by atoms with Gasteiger partial charge in [-0.1, -0.05) is 0 Å². The zero-order valence-corrected chi connectivity index (χ0v) is 17.0. The lowest BCUT2D eigenvalue weighted by Crippen LogP contribution is -3.00. The van der Waals surface area contributed by atoms with Gasteiger partial charge in [0.25, 0.3) is 0 Å². The average molecular weight is 396 g/mol. The predicted octanol–water partition coefficient (Wildman–Crippen LogP) is 1.41. The van der Waals surface area contributed by atoms with Gasteiger partial charge in [-0.15, -0.1) is 0 Å². The molecule has 28 heavy (non-hydrogen) atoms. The molecule has 0 bridgehead atoms. The molecule has 1 aromatic heterocycles. The van der Waals surface area contributed by atoms with Crippen molar-refractivity contribution in [1.29, 1.82) is 0 Å². The predicted molar refractivity (Wildman–Crippen MR) is 107 cm³/mol. The van der Waals surface area contributed by atoms with Crippen LogP contribution in [0.15, 0.2) is 42.6 Å². The molecule has 0 fully saturated rings. The van der Waals surface area contributed by atoms with Gasteiger partial charge in [0, 0.05) is 24.3 Å². The van der Waals surface area contributed by atoms with Crippen molar-refractivity contribution >= 4 is 32.3 Å². The third kappa shape index (κ3) is 2.63. The molecule has 0 spiro atoms. The van der Waals surface area contributed by atoms with E-state index in [2.05, 4.69) is 41.1 Å². The number of nitrogens with zero attached hydrogens (tertiary/aromatic N) is 1. The van der Waals surface area contributed by atoms with Gasteiger partial charge in [-0.3, -0.25) is 0 Å². The third-order valence-electron chi connectivity index (χ3n) is 5.71. The molecule has 0 saturated carbocycles. The average Bonchev–Trinajstić information content (AvgIpc) is 3.18. The molecule has 2 heterocycles. The molecule has 1 aliphatic rings. The van der Waals surface area contributed by atoms with E-state index in [1.54, 1.807) is 21.3 Å². The van der Waals surface area contributed by atoms with E-state index in [1.165, 1.54) is 33.7 Å². The molecule has 0 saturated heterocycles. The van der Waals surface area contributed by atoms with Crippen LogP contribution < -0.4 is 31.2 Å². The van der Waals surface area contributed by atoms with E-state index in [9.17, 15) is 0 Å². The van der Waals surface area contributed by atoms with Crippen LogP contribution in [0.1, 0.15) is 12.1 Å². The summed E-state index contributed by atoms with van der Waals surface area (Å²) in [7, 11) is 5.07. The highest BCUT2D eigenvalue weighted by Crippen LogP contribution is 2.41. The smallest absolute Gasteiger partial charge is 0.182 e. The Bertz CT molecular complexity index is 1220. The lowest BCUT2D eigenvalue weighted by atomic mass is 9.94. The van der Waals surface area contributed by atoms with Crippen LogP contribution in [-0.2, 0) is 13.0 Å². The van der Waals surface area contributed by atoms with Crippen molar-refractivity contribution in [3.8, 4) is 17.2 Å². The van der Waals surface area contributed by atoms with Gasteiger partial charge in [-0.05, 0) is 51.9 Å². The second-order valence-electron chi connectivity index (χ2n) is 7.05. The second kappa shape index (κ2) is 7.02. The van der Waals surface area contributed by atoms with Crippen molar-refractivity contribution in [2.24, 2.45) is 0 Å². The van der Waals surface area contributed by atoms with Crippen molar-refractivity contribution < 1.29 is 31.2 Å². The summed E-state index contributed by atoms with van der Waals surface area (Å²) in [5.74, 6) is 2.34. The fraction of sp³-hybridized carbons (Fsp3) is 0.261. The number of benzene rings is 3. The summed E-state index contributed by atoms with van der Waals surface area (Å²) in [4.78, 5) is 0. The maximum atomic E-state index is 5.59. The van der Waals surface area contributed by atoms with Crippen LogP contribution in [0.3, 0.4) is 0 Å². The van der Waals surface area contributed by atoms with E-state index in [4.69, 9.17) is 14.2 Å². The van der Waals surface area contributed by atoms with Crippen LogP contribution in [0.2, 0.25) is 0 Å². The van der Waals surface area contributed by atoms with E-state index in [1.807, 2.05) is 6.07 Å². The fourth-order valence-corrected chi connectivity index (χ4v) is 4.36. The Morgan fingerprint density at radius 3 is 2.00 bits per heavy atom. The van der Waals surface area contributed by atoms with Crippen LogP contribution in [0, 0.1) is 0 Å². The van der Waals surface area contributed by atoms with Gasteiger partial charge in [-0.25, -0.2) is 4.57 Å². The summed E-state index contributed by atoms with van der Waals surface area (Å²) in [5, 5.41) is 7.24. The van der Waals surface area contributed by atoms with Crippen molar-refractivity contribution in [3.05, 3.63) is 48.3 Å². The number of hydrogen-bond acceptors (Lipinski definition) is 3. The zero-order chi connectivity index (χ0) is 18.5. The van der Waals surface area contributed by atoms with Crippen molar-refractivity contribution in [2.45, 2.75) is 19.4 Å². The van der Waals surface area contributed by atoms with Gasteiger partial charge in [0.15, 0.2) is 23.4 Å². The van der Waals surface area contributed by atoms with Crippen LogP contribution in [0.25, 0.3) is 32.3 Å². The van der Waals surface area contributed by atoms with Crippen molar-refractivity contribution in [2.75, 3.05) is 21.3 Å². The highest BCUT2D eigenvalue weighted by Gasteiger charge is 2.22. The first-order valence-electron chi connectivity index (χ1n) is 9.25. The summed E-state index contributed by atoms with van der Waals surface area (Å²) in [5.41, 5.74) is 1.39. The summed E-state index contributed by atoms with van der Waals surface area (Å²) in [6, 6.07) is 12.8. The van der Waals surface area contributed by atoms with Crippen LogP contribution >= 0.6 is 0 Å². The van der Waals surface area contributed by atoms with Crippen molar-refractivity contribution in [3.63, 3.8) is 0 Å². The highest BCUT2D eigenvalue weighted by atomic mass is 35.5. The maximum absolute atomic E-state index is 5.59. The molecule has 0 N–H and O–H groups in total. The number of pyridine rings is 1. The Kier molecular flexibility index (Phi) is 4.68. The molecule has 1 aliphatic heterocycles. The lowest BCUT2D eigenvalue weighted by molar-refractivity contribution is -0.689. The first-order chi connectivity index (χ1) is 13.2. The minimum absolute atomic E-state index is 0. The van der Waals surface area contributed by atoms with Gasteiger partial charge in [0.2, 0.25) is 0 Å². The molecule has 0 unspecified atom stereocenters. The Balaban J connectivity index is 0.00000192. The minimum atomic E-state index is 0. The van der Waals surface area contributed by atoms with Gasteiger partial charge < -0.3 is 26.6 Å². The van der Waals surface area contributed by atoms with E-state index in [0.29, 0.717) is 0 Å². The van der Waals surface area contributed by atoms with E-state index < -0.39 is 0 Å². The number of halogens is 1. The molecular formula is C23H22ClNO3. The molecule has 4 aromatic rings. The monoisotopic (exact) mass is 395 g/mol. The van der Waals surface area contributed by atoms with Crippen LogP contribution in [-0.4, -0.2) is 21.3 Å². The molecule has 144 valence electrons. The number of fused-ring (bicyclic) bond motifs is 7. The minimum Gasteiger partial charge on any atom is -1.00 e. The first-order valence-corrected chi connectivity index (χ1v) is 9.25. The summed E-state index contributed by atoms with van der Waals surface area (Å²) < 4.78 is 19.0. The van der Waals surface area contributed by atoms with Crippen LogP contribution in [0.5, 0.6) is 17.2 Å². The first kappa shape index (κ1) is 18.6. The van der Waals surface area contributed by atoms with E-state index in [0.717, 1.165) is 41.0 Å². The summed E-state index contributed by atoms with van der Waals surface area (Å²) in [6.07, 6.45) is 4.64. The Hall–Kier alpha value is -2.72. The Morgan fingerprint density at radius 2 is 1.36 bits per heavy atom. The number of aryl methyl sites for hydroxylation is 2. The SMILES string of the molecule is COc1ccc2c(c1)c1cc(OC)c(OC)cc1c1cc3[n+](cc21)CCC3.[Cl-]. The number of ether oxygens (including phenoxy) is 3. The lowest BCUT2D eigenvalue weighted by Gasteiger charge is -2.14. The van der Waals surface area contributed by atoms with Gasteiger partial charge in [0.05, 0.1) is 26.7 Å². The van der Waals surface area contributed by atoms with Gasteiger partial charge in [0.1, 0.15) is 12.3 Å². The van der Waals surface area contributed by atoms with Crippen LogP contribution in [0.4, 0.5) is 0 Å². The molecule has 0 amide bonds.